The summed E-state index contributed by atoms with van der Waals surface area (Å²) in [5, 5.41) is 11.0. The summed E-state index contributed by atoms with van der Waals surface area (Å²) in [7, 11) is 0. The second-order valence-electron chi connectivity index (χ2n) is 4.40. The summed E-state index contributed by atoms with van der Waals surface area (Å²) < 4.78 is 5.32. The van der Waals surface area contributed by atoms with Crippen molar-refractivity contribution in [1.82, 2.24) is 10.4 Å². The van der Waals surface area contributed by atoms with Gasteiger partial charge in [0.05, 0.1) is 12.7 Å². The highest BCUT2D eigenvalue weighted by Gasteiger charge is 2.21. The Balaban J connectivity index is 1.63. The molecule has 1 atom stereocenters. The van der Waals surface area contributed by atoms with Crippen molar-refractivity contribution < 1.29 is 14.6 Å². The molecule has 1 aliphatic heterocycles. The van der Waals surface area contributed by atoms with Crippen LogP contribution in [0.2, 0.25) is 0 Å². The fourth-order valence-electron chi connectivity index (χ4n) is 1.89. The zero-order valence-electron chi connectivity index (χ0n) is 10.2. The number of β-amino-alcohol motifs (C(OH)–C–C–N with tert-alkyl or cyclic N) is 1. The molecule has 0 aliphatic carbocycles. The summed E-state index contributed by atoms with van der Waals surface area (Å²) in [5.41, 5.74) is 3.75. The van der Waals surface area contributed by atoms with Crippen molar-refractivity contribution in [3.63, 3.8) is 0 Å². The quantitative estimate of drug-likeness (QED) is 0.789. The third-order valence-electron chi connectivity index (χ3n) is 2.79. The van der Waals surface area contributed by atoms with Gasteiger partial charge in [-0.1, -0.05) is 30.3 Å². The summed E-state index contributed by atoms with van der Waals surface area (Å²) in [6.45, 7) is 1.63. The highest BCUT2D eigenvalue weighted by Crippen LogP contribution is 2.05. The van der Waals surface area contributed by atoms with Gasteiger partial charge in [0.2, 0.25) is 0 Å². The average Bonchev–Trinajstić information content (AvgIpc) is 2.76. The molecule has 0 bridgehead atoms. The topological polar surface area (TPSA) is 61.8 Å². The van der Waals surface area contributed by atoms with Gasteiger partial charge in [0.1, 0.15) is 6.61 Å². The van der Waals surface area contributed by atoms with Crippen LogP contribution in [0.3, 0.4) is 0 Å². The van der Waals surface area contributed by atoms with Gasteiger partial charge < -0.3 is 9.84 Å². The second-order valence-corrected chi connectivity index (χ2v) is 4.40. The molecule has 2 rings (SSSR count). The van der Waals surface area contributed by atoms with Gasteiger partial charge in [0.15, 0.2) is 0 Å². The summed E-state index contributed by atoms with van der Waals surface area (Å²) in [6, 6.07) is 9.72. The fraction of sp³-hybridized carbons (Fsp3) is 0.462. The SMILES string of the molecule is O=C(COCc1ccccc1)NN1CCC(O)C1. The Morgan fingerprint density at radius 1 is 1.44 bits per heavy atom. The van der Waals surface area contributed by atoms with Crippen molar-refractivity contribution in [3.05, 3.63) is 35.9 Å². The number of benzene rings is 1. The van der Waals surface area contributed by atoms with Gasteiger partial charge in [0.25, 0.3) is 5.91 Å². The Morgan fingerprint density at radius 3 is 2.89 bits per heavy atom. The molecule has 18 heavy (non-hydrogen) atoms. The van der Waals surface area contributed by atoms with E-state index in [0.29, 0.717) is 26.1 Å². The Morgan fingerprint density at radius 2 is 2.22 bits per heavy atom. The van der Waals surface area contributed by atoms with Gasteiger partial charge in [-0.05, 0) is 12.0 Å². The second kappa shape index (κ2) is 6.49. The Kier molecular flexibility index (Phi) is 4.69. The lowest BCUT2D eigenvalue weighted by atomic mass is 10.2. The molecule has 0 spiro atoms. The molecule has 0 radical (unpaired) electrons. The molecule has 1 aliphatic rings. The van der Waals surface area contributed by atoms with Crippen molar-refractivity contribution in [3.8, 4) is 0 Å². The zero-order chi connectivity index (χ0) is 12.8. The van der Waals surface area contributed by atoms with Crippen LogP contribution in [0.15, 0.2) is 30.3 Å². The lowest BCUT2D eigenvalue weighted by Gasteiger charge is -2.16. The van der Waals surface area contributed by atoms with Gasteiger partial charge in [-0.25, -0.2) is 5.01 Å². The summed E-state index contributed by atoms with van der Waals surface area (Å²) in [6.07, 6.45) is 0.362. The van der Waals surface area contributed by atoms with Crippen LogP contribution in [-0.2, 0) is 16.1 Å². The van der Waals surface area contributed by atoms with Crippen LogP contribution in [0.4, 0.5) is 0 Å². The van der Waals surface area contributed by atoms with E-state index >= 15 is 0 Å². The molecular formula is C13H18N2O3. The van der Waals surface area contributed by atoms with Crippen LogP contribution in [0, 0.1) is 0 Å². The van der Waals surface area contributed by atoms with Crippen molar-refractivity contribution >= 4 is 5.91 Å². The maximum atomic E-state index is 11.5. The van der Waals surface area contributed by atoms with Gasteiger partial charge in [-0.15, -0.1) is 0 Å². The monoisotopic (exact) mass is 250 g/mol. The minimum absolute atomic E-state index is 0.0293. The fourth-order valence-corrected chi connectivity index (χ4v) is 1.89. The number of hydrogen-bond acceptors (Lipinski definition) is 4. The van der Waals surface area contributed by atoms with Gasteiger partial charge >= 0.3 is 0 Å². The molecule has 1 amide bonds. The molecule has 1 heterocycles. The van der Waals surface area contributed by atoms with E-state index in [1.165, 1.54) is 0 Å². The molecule has 5 heteroatoms. The Hall–Kier alpha value is -1.43. The van der Waals surface area contributed by atoms with E-state index in [1.54, 1.807) is 5.01 Å². The molecule has 2 N–H and O–H groups in total. The first-order valence-corrected chi connectivity index (χ1v) is 6.08. The van der Waals surface area contributed by atoms with E-state index in [4.69, 9.17) is 4.74 Å². The van der Waals surface area contributed by atoms with Crippen LogP contribution in [-0.4, -0.2) is 41.8 Å². The molecule has 1 aromatic carbocycles. The first kappa shape index (κ1) is 13.0. The number of hydrogen-bond donors (Lipinski definition) is 2. The Bertz CT molecular complexity index is 383. The minimum Gasteiger partial charge on any atom is -0.392 e. The van der Waals surface area contributed by atoms with Crippen molar-refractivity contribution in [2.45, 2.75) is 19.1 Å². The zero-order valence-corrected chi connectivity index (χ0v) is 10.2. The summed E-state index contributed by atoms with van der Waals surface area (Å²) in [4.78, 5) is 11.5. The van der Waals surface area contributed by atoms with E-state index in [2.05, 4.69) is 5.43 Å². The molecule has 1 saturated heterocycles. The van der Waals surface area contributed by atoms with Gasteiger partial charge in [-0.2, -0.15) is 0 Å². The molecule has 0 aromatic heterocycles. The van der Waals surface area contributed by atoms with Crippen LogP contribution in [0.1, 0.15) is 12.0 Å². The number of nitrogens with zero attached hydrogens (tertiary/aromatic N) is 1. The van der Waals surface area contributed by atoms with Gasteiger partial charge in [0, 0.05) is 13.1 Å². The lowest BCUT2D eigenvalue weighted by molar-refractivity contribution is -0.130. The van der Waals surface area contributed by atoms with Crippen LogP contribution >= 0.6 is 0 Å². The summed E-state index contributed by atoms with van der Waals surface area (Å²) >= 11 is 0. The van der Waals surface area contributed by atoms with E-state index in [1.807, 2.05) is 30.3 Å². The number of carbonyl (C=O) groups excluding carboxylic acids is 1. The first-order chi connectivity index (χ1) is 8.74. The van der Waals surface area contributed by atoms with E-state index < -0.39 is 0 Å². The van der Waals surface area contributed by atoms with Gasteiger partial charge in [-0.3, -0.25) is 10.2 Å². The summed E-state index contributed by atoms with van der Waals surface area (Å²) in [5.74, 6) is -0.181. The number of rotatable bonds is 5. The maximum Gasteiger partial charge on any atom is 0.260 e. The van der Waals surface area contributed by atoms with E-state index in [-0.39, 0.29) is 18.6 Å². The smallest absolute Gasteiger partial charge is 0.260 e. The Labute approximate surface area is 106 Å². The molecule has 1 fully saturated rings. The number of ether oxygens (including phenoxy) is 1. The van der Waals surface area contributed by atoms with Crippen molar-refractivity contribution in [2.24, 2.45) is 0 Å². The first-order valence-electron chi connectivity index (χ1n) is 6.08. The molecule has 0 saturated carbocycles. The predicted molar refractivity (Wildman–Crippen MR) is 66.4 cm³/mol. The van der Waals surface area contributed by atoms with Crippen LogP contribution < -0.4 is 5.43 Å². The molecular weight excluding hydrogens is 232 g/mol. The highest BCUT2D eigenvalue weighted by atomic mass is 16.5. The van der Waals surface area contributed by atoms with Crippen LogP contribution in [0.5, 0.6) is 0 Å². The minimum atomic E-state index is -0.337. The van der Waals surface area contributed by atoms with Crippen molar-refractivity contribution in [1.29, 1.82) is 0 Å². The average molecular weight is 250 g/mol. The van der Waals surface area contributed by atoms with E-state index in [0.717, 1.165) is 5.56 Å². The molecule has 1 unspecified atom stereocenters. The normalized spacial score (nSPS) is 19.9. The third kappa shape index (κ3) is 4.10. The molecule has 1 aromatic rings. The largest absolute Gasteiger partial charge is 0.392 e. The van der Waals surface area contributed by atoms with Crippen molar-refractivity contribution in [2.75, 3.05) is 19.7 Å². The number of carbonyl (C=O) groups is 1. The standard InChI is InChI=1S/C13H18N2O3/c16-12-6-7-15(8-12)14-13(17)10-18-9-11-4-2-1-3-5-11/h1-5,12,16H,6-10H2,(H,14,17). The lowest BCUT2D eigenvalue weighted by Crippen LogP contribution is -2.42. The number of amides is 1. The number of nitrogens with one attached hydrogen (secondary N) is 1. The number of hydrazine groups is 1. The highest BCUT2D eigenvalue weighted by molar-refractivity contribution is 5.76. The number of aliphatic hydroxyl groups excluding tert-OH is 1. The predicted octanol–water partition coefficient (Wildman–Crippen LogP) is 0.301. The van der Waals surface area contributed by atoms with E-state index in [9.17, 15) is 9.90 Å². The maximum absolute atomic E-state index is 11.5. The number of aliphatic hydroxyl groups is 1. The van der Waals surface area contributed by atoms with Crippen LogP contribution in [0.25, 0.3) is 0 Å². The molecule has 98 valence electrons. The third-order valence-corrected chi connectivity index (χ3v) is 2.79. The molecule has 5 nitrogen and oxygen atoms in total.